The molecule has 2 heteroatoms. The predicted octanol–water partition coefficient (Wildman–Crippen LogP) is 3.50. The molecule has 0 amide bonds. The zero-order valence-electron chi connectivity index (χ0n) is 8.99. The standard InChI is InChI=1S/C14H14BrN/c15-14-4-2-1-3-13(14)9-11-5-7-12(10-16)8-6-11/h1-8H,9-10,16H2. The van der Waals surface area contributed by atoms with Crippen molar-refractivity contribution in [1.82, 2.24) is 0 Å². The second-order valence-corrected chi connectivity index (χ2v) is 4.64. The molecule has 0 bridgehead atoms. The zero-order chi connectivity index (χ0) is 11.4. The molecular weight excluding hydrogens is 262 g/mol. The fourth-order valence-corrected chi connectivity index (χ4v) is 2.08. The van der Waals surface area contributed by atoms with Crippen molar-refractivity contribution in [3.05, 3.63) is 69.7 Å². The molecule has 2 rings (SSSR count). The van der Waals surface area contributed by atoms with Crippen molar-refractivity contribution < 1.29 is 0 Å². The van der Waals surface area contributed by atoms with E-state index in [1.54, 1.807) is 0 Å². The summed E-state index contributed by atoms with van der Waals surface area (Å²) >= 11 is 3.56. The van der Waals surface area contributed by atoms with Crippen molar-refractivity contribution in [1.29, 1.82) is 0 Å². The predicted molar refractivity (Wildman–Crippen MR) is 71.3 cm³/mol. The van der Waals surface area contributed by atoms with Crippen molar-refractivity contribution >= 4 is 15.9 Å². The molecule has 0 aromatic heterocycles. The third-order valence-corrected chi connectivity index (χ3v) is 3.38. The van der Waals surface area contributed by atoms with Gasteiger partial charge in [0.25, 0.3) is 0 Å². The second kappa shape index (κ2) is 5.28. The minimum absolute atomic E-state index is 0.606. The highest BCUT2D eigenvalue weighted by atomic mass is 79.9. The maximum atomic E-state index is 5.57. The quantitative estimate of drug-likeness (QED) is 0.912. The smallest absolute Gasteiger partial charge is 0.0210 e. The number of nitrogens with two attached hydrogens (primary N) is 1. The van der Waals surface area contributed by atoms with Crippen LogP contribution in [-0.4, -0.2) is 0 Å². The van der Waals surface area contributed by atoms with E-state index < -0.39 is 0 Å². The maximum absolute atomic E-state index is 5.57. The number of hydrogen-bond acceptors (Lipinski definition) is 1. The van der Waals surface area contributed by atoms with Crippen molar-refractivity contribution in [3.63, 3.8) is 0 Å². The first-order valence-corrected chi connectivity index (χ1v) is 6.10. The van der Waals surface area contributed by atoms with E-state index >= 15 is 0 Å². The summed E-state index contributed by atoms with van der Waals surface area (Å²) in [6.07, 6.45) is 0.951. The molecule has 0 heterocycles. The van der Waals surface area contributed by atoms with Gasteiger partial charge in [0.2, 0.25) is 0 Å². The van der Waals surface area contributed by atoms with E-state index in [0.717, 1.165) is 10.9 Å². The van der Waals surface area contributed by atoms with Gasteiger partial charge in [-0.2, -0.15) is 0 Å². The second-order valence-electron chi connectivity index (χ2n) is 3.79. The first-order valence-electron chi connectivity index (χ1n) is 5.31. The normalized spacial score (nSPS) is 10.4. The number of hydrogen-bond donors (Lipinski definition) is 1. The van der Waals surface area contributed by atoms with Gasteiger partial charge in [0, 0.05) is 11.0 Å². The van der Waals surface area contributed by atoms with E-state index in [-0.39, 0.29) is 0 Å². The third kappa shape index (κ3) is 2.71. The summed E-state index contributed by atoms with van der Waals surface area (Å²) in [4.78, 5) is 0. The lowest BCUT2D eigenvalue weighted by molar-refractivity contribution is 1.06. The third-order valence-electron chi connectivity index (χ3n) is 2.61. The Hall–Kier alpha value is -1.12. The molecular formula is C14H14BrN. The van der Waals surface area contributed by atoms with Crippen LogP contribution in [0, 0.1) is 0 Å². The molecule has 0 radical (unpaired) electrons. The number of rotatable bonds is 3. The fourth-order valence-electron chi connectivity index (χ4n) is 1.65. The van der Waals surface area contributed by atoms with Crippen LogP contribution < -0.4 is 5.73 Å². The van der Waals surface area contributed by atoms with Gasteiger partial charge in [-0.1, -0.05) is 58.4 Å². The van der Waals surface area contributed by atoms with Gasteiger partial charge in [-0.25, -0.2) is 0 Å². The number of benzene rings is 2. The van der Waals surface area contributed by atoms with Crippen LogP contribution >= 0.6 is 15.9 Å². The van der Waals surface area contributed by atoms with Gasteiger partial charge < -0.3 is 5.73 Å². The highest BCUT2D eigenvalue weighted by Crippen LogP contribution is 2.19. The van der Waals surface area contributed by atoms with Gasteiger partial charge in [-0.05, 0) is 29.2 Å². The van der Waals surface area contributed by atoms with Gasteiger partial charge in [-0.3, -0.25) is 0 Å². The van der Waals surface area contributed by atoms with Crippen molar-refractivity contribution in [2.75, 3.05) is 0 Å². The SMILES string of the molecule is NCc1ccc(Cc2ccccc2Br)cc1. The summed E-state index contributed by atoms with van der Waals surface area (Å²) in [5.74, 6) is 0. The van der Waals surface area contributed by atoms with Crippen LogP contribution in [0.2, 0.25) is 0 Å². The summed E-state index contributed by atoms with van der Waals surface area (Å²) in [5, 5.41) is 0. The molecule has 0 aliphatic carbocycles. The summed E-state index contributed by atoms with van der Waals surface area (Å²) in [6, 6.07) is 16.8. The molecule has 0 spiro atoms. The van der Waals surface area contributed by atoms with Gasteiger partial charge in [0.15, 0.2) is 0 Å². The van der Waals surface area contributed by atoms with Gasteiger partial charge in [0.05, 0.1) is 0 Å². The molecule has 0 atom stereocenters. The molecule has 82 valence electrons. The molecule has 0 fully saturated rings. The summed E-state index contributed by atoms with van der Waals surface area (Å²) in [6.45, 7) is 0.606. The fraction of sp³-hybridized carbons (Fsp3) is 0.143. The zero-order valence-corrected chi connectivity index (χ0v) is 10.6. The molecule has 1 nitrogen and oxygen atoms in total. The van der Waals surface area contributed by atoms with Crippen molar-refractivity contribution in [2.24, 2.45) is 5.73 Å². The van der Waals surface area contributed by atoms with Gasteiger partial charge in [-0.15, -0.1) is 0 Å². The Bertz CT molecular complexity index is 462. The van der Waals surface area contributed by atoms with Crippen LogP contribution in [0.5, 0.6) is 0 Å². The van der Waals surface area contributed by atoms with Crippen LogP contribution in [0.1, 0.15) is 16.7 Å². The first kappa shape index (κ1) is 11.4. The topological polar surface area (TPSA) is 26.0 Å². The molecule has 0 saturated carbocycles. The Morgan fingerprint density at radius 1 is 0.875 bits per heavy atom. The molecule has 0 aliphatic heterocycles. The van der Waals surface area contributed by atoms with E-state index in [2.05, 4.69) is 58.4 Å². The van der Waals surface area contributed by atoms with Crippen LogP contribution in [0.15, 0.2) is 53.0 Å². The minimum atomic E-state index is 0.606. The minimum Gasteiger partial charge on any atom is -0.326 e. The molecule has 0 unspecified atom stereocenters. The molecule has 2 aromatic carbocycles. The van der Waals surface area contributed by atoms with Crippen molar-refractivity contribution in [3.8, 4) is 0 Å². The Labute approximate surface area is 104 Å². The Balaban J connectivity index is 2.18. The molecule has 2 N–H and O–H groups in total. The summed E-state index contributed by atoms with van der Waals surface area (Å²) in [5.41, 5.74) is 9.36. The van der Waals surface area contributed by atoms with Crippen LogP contribution in [-0.2, 0) is 13.0 Å². The van der Waals surface area contributed by atoms with E-state index in [1.807, 2.05) is 6.07 Å². The lowest BCUT2D eigenvalue weighted by Crippen LogP contribution is -1.96. The Kier molecular flexibility index (Phi) is 3.75. The summed E-state index contributed by atoms with van der Waals surface area (Å²) in [7, 11) is 0. The molecule has 0 aliphatic rings. The summed E-state index contributed by atoms with van der Waals surface area (Å²) < 4.78 is 1.16. The highest BCUT2D eigenvalue weighted by Gasteiger charge is 2.00. The van der Waals surface area contributed by atoms with E-state index in [4.69, 9.17) is 5.73 Å². The average Bonchev–Trinajstić information content (AvgIpc) is 2.33. The molecule has 0 saturated heterocycles. The monoisotopic (exact) mass is 275 g/mol. The Morgan fingerprint density at radius 3 is 2.12 bits per heavy atom. The van der Waals surface area contributed by atoms with Crippen molar-refractivity contribution in [2.45, 2.75) is 13.0 Å². The van der Waals surface area contributed by atoms with Crippen LogP contribution in [0.3, 0.4) is 0 Å². The molecule has 16 heavy (non-hydrogen) atoms. The number of halogens is 1. The molecule has 2 aromatic rings. The van der Waals surface area contributed by atoms with E-state index in [0.29, 0.717) is 6.54 Å². The Morgan fingerprint density at radius 2 is 1.50 bits per heavy atom. The van der Waals surface area contributed by atoms with Crippen LogP contribution in [0.4, 0.5) is 0 Å². The first-order chi connectivity index (χ1) is 7.79. The highest BCUT2D eigenvalue weighted by molar-refractivity contribution is 9.10. The van der Waals surface area contributed by atoms with E-state index in [9.17, 15) is 0 Å². The van der Waals surface area contributed by atoms with E-state index in [1.165, 1.54) is 16.7 Å². The largest absolute Gasteiger partial charge is 0.326 e. The van der Waals surface area contributed by atoms with Gasteiger partial charge in [0.1, 0.15) is 0 Å². The lowest BCUT2D eigenvalue weighted by atomic mass is 10.0. The lowest BCUT2D eigenvalue weighted by Gasteiger charge is -2.05. The van der Waals surface area contributed by atoms with Crippen LogP contribution in [0.25, 0.3) is 0 Å². The average molecular weight is 276 g/mol. The van der Waals surface area contributed by atoms with Gasteiger partial charge >= 0.3 is 0 Å². The maximum Gasteiger partial charge on any atom is 0.0210 e.